The van der Waals surface area contributed by atoms with Crippen LogP contribution in [0.3, 0.4) is 0 Å². The number of hydrazine groups is 1. The van der Waals surface area contributed by atoms with E-state index in [-0.39, 0.29) is 5.91 Å². The predicted molar refractivity (Wildman–Crippen MR) is 67.3 cm³/mol. The van der Waals surface area contributed by atoms with Gasteiger partial charge in [0.05, 0.1) is 21.3 Å². The molecular formula is C12H18N2O4. The van der Waals surface area contributed by atoms with Gasteiger partial charge in [0, 0.05) is 19.7 Å². The van der Waals surface area contributed by atoms with Gasteiger partial charge < -0.3 is 14.2 Å². The van der Waals surface area contributed by atoms with Gasteiger partial charge in [0.15, 0.2) is 11.5 Å². The summed E-state index contributed by atoms with van der Waals surface area (Å²) in [5.41, 5.74) is 3.07. The van der Waals surface area contributed by atoms with Gasteiger partial charge in [-0.25, -0.2) is 5.01 Å². The minimum absolute atomic E-state index is 0.251. The molecule has 0 fully saturated rings. The van der Waals surface area contributed by atoms with Gasteiger partial charge in [0.1, 0.15) is 0 Å². The fourth-order valence-electron chi connectivity index (χ4n) is 1.48. The molecule has 0 radical (unpaired) electrons. The Hall–Kier alpha value is -1.95. The summed E-state index contributed by atoms with van der Waals surface area (Å²) in [6, 6.07) is 3.19. The van der Waals surface area contributed by atoms with E-state index in [1.54, 1.807) is 31.2 Å². The van der Waals surface area contributed by atoms with E-state index in [0.717, 1.165) is 0 Å². The Kier molecular flexibility index (Phi) is 4.79. The molecule has 0 heterocycles. The molecule has 0 aromatic heterocycles. The molecular weight excluding hydrogens is 236 g/mol. The largest absolute Gasteiger partial charge is 0.493 e. The van der Waals surface area contributed by atoms with Crippen molar-refractivity contribution in [1.82, 2.24) is 10.4 Å². The van der Waals surface area contributed by atoms with Crippen molar-refractivity contribution in [1.29, 1.82) is 0 Å². The highest BCUT2D eigenvalue weighted by Crippen LogP contribution is 2.38. The van der Waals surface area contributed by atoms with E-state index in [4.69, 9.17) is 14.2 Å². The molecule has 0 bridgehead atoms. The number of amides is 1. The van der Waals surface area contributed by atoms with Gasteiger partial charge in [0.2, 0.25) is 5.75 Å². The van der Waals surface area contributed by atoms with E-state index in [9.17, 15) is 4.79 Å². The molecule has 1 aromatic rings. The Labute approximate surface area is 106 Å². The fraction of sp³-hybridized carbons (Fsp3) is 0.417. The highest BCUT2D eigenvalue weighted by Gasteiger charge is 2.17. The van der Waals surface area contributed by atoms with Crippen LogP contribution in [0.25, 0.3) is 0 Å². The average molecular weight is 254 g/mol. The van der Waals surface area contributed by atoms with Gasteiger partial charge in [-0.2, -0.15) is 0 Å². The number of hydrogen-bond acceptors (Lipinski definition) is 5. The summed E-state index contributed by atoms with van der Waals surface area (Å²) >= 11 is 0. The highest BCUT2D eigenvalue weighted by atomic mass is 16.5. The lowest BCUT2D eigenvalue weighted by atomic mass is 10.1. The Morgan fingerprint density at radius 3 is 1.89 bits per heavy atom. The zero-order valence-electron chi connectivity index (χ0n) is 11.2. The first-order valence-electron chi connectivity index (χ1n) is 5.31. The number of benzene rings is 1. The Bertz CT molecular complexity index is 407. The topological polar surface area (TPSA) is 60.0 Å². The fourth-order valence-corrected chi connectivity index (χ4v) is 1.48. The monoisotopic (exact) mass is 254 g/mol. The summed E-state index contributed by atoms with van der Waals surface area (Å²) in [6.45, 7) is 0. The molecule has 0 atom stereocenters. The predicted octanol–water partition coefficient (Wildman–Crippen LogP) is 0.919. The van der Waals surface area contributed by atoms with E-state index in [0.29, 0.717) is 22.8 Å². The zero-order chi connectivity index (χ0) is 13.7. The van der Waals surface area contributed by atoms with Gasteiger partial charge in [-0.15, -0.1) is 0 Å². The maximum atomic E-state index is 11.9. The van der Waals surface area contributed by atoms with Crippen LogP contribution in [0, 0.1) is 0 Å². The molecule has 1 N–H and O–H groups in total. The minimum Gasteiger partial charge on any atom is -0.493 e. The van der Waals surface area contributed by atoms with Crippen molar-refractivity contribution in [2.45, 2.75) is 0 Å². The van der Waals surface area contributed by atoms with Crippen LogP contribution in [0.4, 0.5) is 0 Å². The van der Waals surface area contributed by atoms with E-state index >= 15 is 0 Å². The van der Waals surface area contributed by atoms with Crippen molar-refractivity contribution in [3.63, 3.8) is 0 Å². The molecule has 100 valence electrons. The van der Waals surface area contributed by atoms with Crippen molar-refractivity contribution in [2.24, 2.45) is 0 Å². The van der Waals surface area contributed by atoms with Crippen LogP contribution in [0.2, 0.25) is 0 Å². The standard InChI is InChI=1S/C12H18N2O4/c1-14(2)13-12(15)8-6-9(16-3)11(18-5)10(7-8)17-4/h6-7H,1-5H3,(H,13,15). The van der Waals surface area contributed by atoms with Gasteiger partial charge in [-0.3, -0.25) is 10.2 Å². The lowest BCUT2D eigenvalue weighted by Gasteiger charge is -2.15. The van der Waals surface area contributed by atoms with Gasteiger partial charge in [-0.05, 0) is 12.1 Å². The van der Waals surface area contributed by atoms with Gasteiger partial charge in [-0.1, -0.05) is 0 Å². The molecule has 0 saturated heterocycles. The molecule has 0 aliphatic carbocycles. The second-order valence-corrected chi connectivity index (χ2v) is 3.75. The molecule has 0 aliphatic rings. The van der Waals surface area contributed by atoms with Crippen LogP contribution < -0.4 is 19.6 Å². The van der Waals surface area contributed by atoms with E-state index < -0.39 is 0 Å². The third-order valence-corrected chi connectivity index (χ3v) is 2.25. The number of nitrogens with zero attached hydrogens (tertiary/aromatic N) is 1. The van der Waals surface area contributed by atoms with Crippen molar-refractivity contribution >= 4 is 5.91 Å². The third kappa shape index (κ3) is 3.04. The average Bonchev–Trinajstić information content (AvgIpc) is 2.35. The SMILES string of the molecule is COc1cc(C(=O)NN(C)C)cc(OC)c1OC. The van der Waals surface area contributed by atoms with Crippen molar-refractivity contribution in [2.75, 3.05) is 35.4 Å². The molecule has 0 aliphatic heterocycles. The number of carbonyl (C=O) groups excluding carboxylic acids is 1. The highest BCUT2D eigenvalue weighted by molar-refractivity contribution is 5.95. The Morgan fingerprint density at radius 2 is 1.56 bits per heavy atom. The van der Waals surface area contributed by atoms with Crippen LogP contribution in [0.15, 0.2) is 12.1 Å². The van der Waals surface area contributed by atoms with Crippen LogP contribution >= 0.6 is 0 Å². The molecule has 6 heteroatoms. The minimum atomic E-state index is -0.251. The van der Waals surface area contributed by atoms with E-state index in [2.05, 4.69) is 5.43 Å². The molecule has 0 spiro atoms. The maximum Gasteiger partial charge on any atom is 0.265 e. The van der Waals surface area contributed by atoms with Crippen molar-refractivity contribution in [3.8, 4) is 17.2 Å². The number of nitrogens with one attached hydrogen (secondary N) is 1. The Morgan fingerprint density at radius 1 is 1.06 bits per heavy atom. The normalized spacial score (nSPS) is 10.1. The van der Waals surface area contributed by atoms with Crippen molar-refractivity contribution in [3.05, 3.63) is 17.7 Å². The second kappa shape index (κ2) is 6.11. The van der Waals surface area contributed by atoms with E-state index in [1.807, 2.05) is 0 Å². The summed E-state index contributed by atoms with van der Waals surface area (Å²) in [7, 11) is 7.99. The first-order valence-corrected chi connectivity index (χ1v) is 5.31. The summed E-state index contributed by atoms with van der Waals surface area (Å²) in [5, 5.41) is 1.56. The molecule has 18 heavy (non-hydrogen) atoms. The van der Waals surface area contributed by atoms with E-state index in [1.165, 1.54) is 21.3 Å². The second-order valence-electron chi connectivity index (χ2n) is 3.75. The summed E-state index contributed by atoms with van der Waals surface area (Å²) in [6.07, 6.45) is 0. The molecule has 0 unspecified atom stereocenters. The van der Waals surface area contributed by atoms with Gasteiger partial charge in [0.25, 0.3) is 5.91 Å². The first-order chi connectivity index (χ1) is 8.53. The molecule has 1 aromatic carbocycles. The number of ether oxygens (including phenoxy) is 3. The number of hydrogen-bond donors (Lipinski definition) is 1. The molecule has 1 rings (SSSR count). The van der Waals surface area contributed by atoms with Crippen LogP contribution in [-0.2, 0) is 0 Å². The molecule has 6 nitrogen and oxygen atoms in total. The Balaban J connectivity index is 3.18. The molecule has 1 amide bonds. The van der Waals surface area contributed by atoms with Gasteiger partial charge >= 0.3 is 0 Å². The number of methoxy groups -OCH3 is 3. The summed E-state index contributed by atoms with van der Waals surface area (Å²) in [5.74, 6) is 1.10. The first kappa shape index (κ1) is 14.1. The lowest BCUT2D eigenvalue weighted by Crippen LogP contribution is -2.36. The van der Waals surface area contributed by atoms with Crippen molar-refractivity contribution < 1.29 is 19.0 Å². The maximum absolute atomic E-state index is 11.9. The third-order valence-electron chi connectivity index (χ3n) is 2.25. The smallest absolute Gasteiger partial charge is 0.265 e. The quantitative estimate of drug-likeness (QED) is 0.792. The zero-order valence-corrected chi connectivity index (χ0v) is 11.2. The number of rotatable bonds is 5. The van der Waals surface area contributed by atoms with Crippen LogP contribution in [-0.4, -0.2) is 46.3 Å². The van der Waals surface area contributed by atoms with Crippen LogP contribution in [0.5, 0.6) is 17.2 Å². The number of carbonyl (C=O) groups is 1. The van der Waals surface area contributed by atoms with Crippen LogP contribution in [0.1, 0.15) is 10.4 Å². The lowest BCUT2D eigenvalue weighted by molar-refractivity contribution is 0.0856. The summed E-state index contributed by atoms with van der Waals surface area (Å²) in [4.78, 5) is 11.9. The molecule has 0 saturated carbocycles. The summed E-state index contributed by atoms with van der Waals surface area (Å²) < 4.78 is 15.5.